The molecule has 1 amide bonds. The molecule has 2 aromatic rings. The van der Waals surface area contributed by atoms with Gasteiger partial charge in [-0.2, -0.15) is 5.26 Å². The number of carbonyl (C=O) groups excluding carboxylic acids is 1. The van der Waals surface area contributed by atoms with Gasteiger partial charge in [-0.05, 0) is 30.2 Å². The predicted octanol–water partition coefficient (Wildman–Crippen LogP) is 2.56. The minimum absolute atomic E-state index is 0.104. The van der Waals surface area contributed by atoms with Gasteiger partial charge < -0.3 is 0 Å². The van der Waals surface area contributed by atoms with Crippen molar-refractivity contribution >= 4 is 15.9 Å². The van der Waals surface area contributed by atoms with Gasteiger partial charge in [-0.3, -0.25) is 4.79 Å². The number of hydrogen-bond donors (Lipinski definition) is 1. The zero-order chi connectivity index (χ0) is 16.9. The lowest BCUT2D eigenvalue weighted by atomic mass is 9.96. The summed E-state index contributed by atoms with van der Waals surface area (Å²) in [6.07, 6.45) is 0.476. The molecule has 0 aliphatic heterocycles. The number of rotatable bonds is 5. The predicted molar refractivity (Wildman–Crippen MR) is 86.0 cm³/mol. The maximum Gasteiger partial charge on any atom is 0.264 e. The minimum atomic E-state index is -4.01. The molecule has 0 radical (unpaired) electrons. The molecule has 0 saturated heterocycles. The molecule has 0 bridgehead atoms. The first kappa shape index (κ1) is 16.7. The summed E-state index contributed by atoms with van der Waals surface area (Å²) in [4.78, 5) is 12.3. The first-order valence-corrected chi connectivity index (χ1v) is 8.58. The lowest BCUT2D eigenvalue weighted by Gasteiger charge is -2.15. The van der Waals surface area contributed by atoms with E-state index in [2.05, 4.69) is 4.72 Å². The highest BCUT2D eigenvalue weighted by Gasteiger charge is 2.24. The number of nitrogens with one attached hydrogen (secondary N) is 1. The molecule has 2 aromatic carbocycles. The first-order chi connectivity index (χ1) is 11.0. The van der Waals surface area contributed by atoms with Crippen molar-refractivity contribution in [1.29, 1.82) is 5.26 Å². The summed E-state index contributed by atoms with van der Waals surface area (Å²) in [6, 6.07) is 16.4. The molecule has 2 rings (SSSR count). The summed E-state index contributed by atoms with van der Waals surface area (Å²) in [5.41, 5.74) is 0.976. The summed E-state index contributed by atoms with van der Waals surface area (Å²) in [6.45, 7) is 1.82. The molecule has 1 atom stereocenters. The monoisotopic (exact) mass is 328 g/mol. The fraction of sp³-hybridized carbons (Fsp3) is 0.176. The van der Waals surface area contributed by atoms with E-state index in [0.29, 0.717) is 6.42 Å². The van der Waals surface area contributed by atoms with Crippen molar-refractivity contribution in [3.05, 3.63) is 65.7 Å². The topological polar surface area (TPSA) is 87.0 Å². The largest absolute Gasteiger partial charge is 0.273 e. The second-order valence-electron chi connectivity index (χ2n) is 4.98. The Bertz CT molecular complexity index is 840. The molecule has 0 unspecified atom stereocenters. The molecule has 0 aromatic heterocycles. The van der Waals surface area contributed by atoms with Crippen LogP contribution in [0.3, 0.4) is 0 Å². The van der Waals surface area contributed by atoms with Crippen molar-refractivity contribution in [2.75, 3.05) is 0 Å². The van der Waals surface area contributed by atoms with Crippen molar-refractivity contribution in [2.45, 2.75) is 24.2 Å². The Kier molecular flexibility index (Phi) is 5.14. The second kappa shape index (κ2) is 7.07. The van der Waals surface area contributed by atoms with Crippen LogP contribution >= 0.6 is 0 Å². The van der Waals surface area contributed by atoms with Crippen molar-refractivity contribution < 1.29 is 13.2 Å². The van der Waals surface area contributed by atoms with Crippen molar-refractivity contribution in [3.8, 4) is 6.07 Å². The zero-order valence-corrected chi connectivity index (χ0v) is 13.4. The quantitative estimate of drug-likeness (QED) is 0.914. The Morgan fingerprint density at radius 2 is 1.87 bits per heavy atom. The fourth-order valence-electron chi connectivity index (χ4n) is 2.25. The van der Waals surface area contributed by atoms with Crippen molar-refractivity contribution in [2.24, 2.45) is 0 Å². The highest BCUT2D eigenvalue weighted by atomic mass is 32.2. The number of amides is 1. The van der Waals surface area contributed by atoms with Crippen LogP contribution in [0.5, 0.6) is 0 Å². The lowest BCUT2D eigenvalue weighted by Crippen LogP contribution is -2.34. The van der Waals surface area contributed by atoms with E-state index in [9.17, 15) is 13.2 Å². The summed E-state index contributed by atoms with van der Waals surface area (Å²) in [5.74, 6) is -1.13. The maximum atomic E-state index is 12.4. The smallest absolute Gasteiger partial charge is 0.264 e. The van der Waals surface area contributed by atoms with Gasteiger partial charge in [-0.1, -0.05) is 43.3 Å². The average Bonchev–Trinajstić information content (AvgIpc) is 2.56. The second-order valence-corrected chi connectivity index (χ2v) is 6.66. The van der Waals surface area contributed by atoms with Crippen LogP contribution < -0.4 is 4.72 Å². The van der Waals surface area contributed by atoms with Crippen LogP contribution in [0.15, 0.2) is 59.5 Å². The van der Waals surface area contributed by atoms with Crippen LogP contribution in [0.25, 0.3) is 0 Å². The van der Waals surface area contributed by atoms with Gasteiger partial charge >= 0.3 is 0 Å². The third-order valence-corrected chi connectivity index (χ3v) is 4.78. The maximum absolute atomic E-state index is 12.4. The van der Waals surface area contributed by atoms with E-state index >= 15 is 0 Å². The average molecular weight is 328 g/mol. The van der Waals surface area contributed by atoms with Gasteiger partial charge in [0.1, 0.15) is 0 Å². The van der Waals surface area contributed by atoms with E-state index in [1.165, 1.54) is 24.3 Å². The number of nitriles is 1. The van der Waals surface area contributed by atoms with Crippen molar-refractivity contribution in [3.63, 3.8) is 0 Å². The Morgan fingerprint density at radius 3 is 2.48 bits per heavy atom. The van der Waals surface area contributed by atoms with Gasteiger partial charge in [-0.15, -0.1) is 0 Å². The van der Waals surface area contributed by atoms with Crippen LogP contribution in [-0.4, -0.2) is 14.3 Å². The minimum Gasteiger partial charge on any atom is -0.273 e. The summed E-state index contributed by atoms with van der Waals surface area (Å²) >= 11 is 0. The first-order valence-electron chi connectivity index (χ1n) is 7.09. The van der Waals surface area contributed by atoms with E-state index < -0.39 is 21.8 Å². The van der Waals surface area contributed by atoms with Gasteiger partial charge in [0.15, 0.2) is 0 Å². The molecular formula is C17H16N2O3S. The highest BCUT2D eigenvalue weighted by Crippen LogP contribution is 2.20. The van der Waals surface area contributed by atoms with E-state index in [1.54, 1.807) is 24.3 Å². The van der Waals surface area contributed by atoms with Crippen LogP contribution in [-0.2, 0) is 14.8 Å². The van der Waals surface area contributed by atoms with Gasteiger partial charge in [0.05, 0.1) is 22.4 Å². The van der Waals surface area contributed by atoms with Crippen LogP contribution in [0.4, 0.5) is 0 Å². The molecular weight excluding hydrogens is 312 g/mol. The fourth-order valence-corrected chi connectivity index (χ4v) is 3.32. The molecule has 5 nitrogen and oxygen atoms in total. The Morgan fingerprint density at radius 1 is 1.17 bits per heavy atom. The number of nitrogens with zero attached hydrogens (tertiary/aromatic N) is 1. The Balaban J connectivity index is 2.25. The van der Waals surface area contributed by atoms with Crippen molar-refractivity contribution in [1.82, 2.24) is 4.72 Å². The molecule has 6 heteroatoms. The van der Waals surface area contributed by atoms with E-state index in [0.717, 1.165) is 5.56 Å². The van der Waals surface area contributed by atoms with E-state index in [-0.39, 0.29) is 10.5 Å². The number of hydrogen-bond acceptors (Lipinski definition) is 4. The Hall–Kier alpha value is -2.65. The van der Waals surface area contributed by atoms with Gasteiger partial charge in [0.2, 0.25) is 5.91 Å². The molecule has 0 fully saturated rings. The van der Waals surface area contributed by atoms with Crippen LogP contribution in [0, 0.1) is 11.3 Å². The molecule has 0 aliphatic carbocycles. The number of sulfonamides is 1. The SMILES string of the molecule is CC[C@@H](C(=O)NS(=O)(=O)c1cccc(C#N)c1)c1ccccc1. The van der Waals surface area contributed by atoms with E-state index in [4.69, 9.17) is 5.26 Å². The molecule has 0 spiro atoms. The Labute approximate surface area is 135 Å². The summed E-state index contributed by atoms with van der Waals surface area (Å²) < 4.78 is 26.7. The molecule has 1 N–H and O–H groups in total. The molecule has 0 aliphatic rings. The lowest BCUT2D eigenvalue weighted by molar-refractivity contribution is -0.120. The van der Waals surface area contributed by atoms with E-state index in [1.807, 2.05) is 19.1 Å². The van der Waals surface area contributed by atoms with Gasteiger partial charge in [-0.25, -0.2) is 13.1 Å². The summed E-state index contributed by atoms with van der Waals surface area (Å²) in [7, 11) is -4.01. The third-order valence-electron chi connectivity index (χ3n) is 3.44. The molecule has 0 saturated carbocycles. The molecule has 23 heavy (non-hydrogen) atoms. The molecule has 118 valence electrons. The van der Waals surface area contributed by atoms with Gasteiger partial charge in [0, 0.05) is 0 Å². The highest BCUT2D eigenvalue weighted by molar-refractivity contribution is 7.90. The summed E-state index contributed by atoms with van der Waals surface area (Å²) in [5, 5.41) is 8.85. The number of carbonyl (C=O) groups is 1. The standard InChI is InChI=1S/C17H16N2O3S/c1-2-16(14-8-4-3-5-9-14)17(20)19-23(21,22)15-10-6-7-13(11-15)12-18/h3-11,16H,2H2,1H3,(H,19,20)/t16-/m1/s1. The third kappa shape index (κ3) is 3.96. The van der Waals surface area contributed by atoms with Crippen LogP contribution in [0.1, 0.15) is 30.4 Å². The molecule has 0 heterocycles. The normalized spacial score (nSPS) is 12.2. The van der Waals surface area contributed by atoms with Gasteiger partial charge in [0.25, 0.3) is 10.0 Å². The van der Waals surface area contributed by atoms with Crippen LogP contribution in [0.2, 0.25) is 0 Å². The number of benzene rings is 2. The zero-order valence-electron chi connectivity index (χ0n) is 12.6.